The van der Waals surface area contributed by atoms with Gasteiger partial charge in [-0.1, -0.05) is 105 Å². The van der Waals surface area contributed by atoms with Crippen molar-refractivity contribution in [3.63, 3.8) is 0 Å². The Labute approximate surface area is 204 Å². The van der Waals surface area contributed by atoms with E-state index in [0.29, 0.717) is 11.6 Å². The van der Waals surface area contributed by atoms with E-state index in [-0.39, 0.29) is 17.7 Å². The number of carbonyl (C=O) groups is 2. The SMILES string of the molecule is CCCCCCCCCC(=O)N[C@H](C(=O)Nc1nnc(-c2cccc(Br)c2)s1)[C@@H](C)CC. The zero-order valence-corrected chi connectivity index (χ0v) is 21.7. The molecule has 1 aromatic heterocycles. The van der Waals surface area contributed by atoms with E-state index in [1.54, 1.807) is 0 Å². The molecule has 6 nitrogen and oxygen atoms in total. The Kier molecular flexibility index (Phi) is 11.9. The van der Waals surface area contributed by atoms with Crippen LogP contribution in [0.3, 0.4) is 0 Å². The third-order valence-corrected chi connectivity index (χ3v) is 6.93. The molecule has 0 aliphatic rings. The summed E-state index contributed by atoms with van der Waals surface area (Å²) in [5, 5.41) is 15.2. The van der Waals surface area contributed by atoms with Crippen LogP contribution in [0.4, 0.5) is 5.13 Å². The maximum atomic E-state index is 12.9. The largest absolute Gasteiger partial charge is 0.344 e. The van der Waals surface area contributed by atoms with E-state index in [1.807, 2.05) is 38.1 Å². The molecule has 176 valence electrons. The zero-order chi connectivity index (χ0) is 23.3. The number of hydrogen-bond acceptors (Lipinski definition) is 5. The van der Waals surface area contributed by atoms with E-state index in [9.17, 15) is 9.59 Å². The van der Waals surface area contributed by atoms with Gasteiger partial charge < -0.3 is 5.32 Å². The number of unbranched alkanes of at least 4 members (excludes halogenated alkanes) is 6. The van der Waals surface area contributed by atoms with Gasteiger partial charge in [0.25, 0.3) is 0 Å². The Balaban J connectivity index is 1.88. The number of aromatic nitrogens is 2. The molecule has 2 rings (SSSR count). The van der Waals surface area contributed by atoms with Crippen LogP contribution in [0.5, 0.6) is 0 Å². The van der Waals surface area contributed by atoms with Gasteiger partial charge >= 0.3 is 0 Å². The van der Waals surface area contributed by atoms with Crippen molar-refractivity contribution >= 4 is 44.2 Å². The molecule has 2 amide bonds. The number of amides is 2. The van der Waals surface area contributed by atoms with Crippen LogP contribution in [-0.2, 0) is 9.59 Å². The van der Waals surface area contributed by atoms with Crippen LogP contribution < -0.4 is 10.6 Å². The molecule has 2 N–H and O–H groups in total. The predicted molar refractivity (Wildman–Crippen MR) is 136 cm³/mol. The molecule has 1 heterocycles. The quantitative estimate of drug-likeness (QED) is 0.274. The van der Waals surface area contributed by atoms with E-state index in [4.69, 9.17) is 0 Å². The average molecular weight is 524 g/mol. The third-order valence-electron chi connectivity index (χ3n) is 5.55. The van der Waals surface area contributed by atoms with E-state index in [2.05, 4.69) is 43.7 Å². The fraction of sp³-hybridized carbons (Fsp3) is 0.583. The number of anilines is 1. The first kappa shape index (κ1) is 26.5. The van der Waals surface area contributed by atoms with Gasteiger partial charge in [-0.3, -0.25) is 14.9 Å². The number of benzene rings is 1. The molecule has 1 aromatic carbocycles. The summed E-state index contributed by atoms with van der Waals surface area (Å²) >= 11 is 4.77. The van der Waals surface area contributed by atoms with Gasteiger partial charge in [-0.05, 0) is 24.5 Å². The first-order chi connectivity index (χ1) is 15.4. The Hall–Kier alpha value is -1.80. The highest BCUT2D eigenvalue weighted by Gasteiger charge is 2.26. The molecule has 0 radical (unpaired) electrons. The Morgan fingerprint density at radius 3 is 2.47 bits per heavy atom. The van der Waals surface area contributed by atoms with E-state index in [0.717, 1.165) is 34.3 Å². The van der Waals surface area contributed by atoms with Gasteiger partial charge in [-0.25, -0.2) is 0 Å². The monoisotopic (exact) mass is 522 g/mol. The van der Waals surface area contributed by atoms with Crippen LogP contribution in [0, 0.1) is 5.92 Å². The van der Waals surface area contributed by atoms with Gasteiger partial charge in [0, 0.05) is 16.5 Å². The van der Waals surface area contributed by atoms with Crippen LogP contribution in [0.2, 0.25) is 0 Å². The van der Waals surface area contributed by atoms with E-state index >= 15 is 0 Å². The summed E-state index contributed by atoms with van der Waals surface area (Å²) in [4.78, 5) is 25.4. The normalized spacial score (nSPS) is 12.9. The first-order valence-corrected chi connectivity index (χ1v) is 13.2. The fourth-order valence-corrected chi connectivity index (χ4v) is 4.53. The molecule has 2 atom stereocenters. The molecular formula is C24H35BrN4O2S. The number of carbonyl (C=O) groups excluding carboxylic acids is 2. The standard InChI is InChI=1S/C24H35BrN4O2S/c1-4-6-7-8-9-10-11-15-20(30)26-21(17(3)5-2)22(31)27-24-29-28-23(32-24)18-13-12-14-19(25)16-18/h12-14,16-17,21H,4-11,15H2,1-3H3,(H,26,30)(H,27,29,31)/t17-,21-/m0/s1. The van der Waals surface area contributed by atoms with Crippen LogP contribution in [0.25, 0.3) is 10.6 Å². The highest BCUT2D eigenvalue weighted by Crippen LogP contribution is 2.28. The minimum absolute atomic E-state index is 0.0189. The molecule has 2 aromatic rings. The van der Waals surface area contributed by atoms with Crippen LogP contribution in [0.1, 0.15) is 78.6 Å². The summed E-state index contributed by atoms with van der Waals surface area (Å²) in [6.45, 7) is 6.20. The molecule has 0 bridgehead atoms. The van der Waals surface area contributed by atoms with Crippen molar-refractivity contribution in [3.05, 3.63) is 28.7 Å². The number of nitrogens with zero attached hydrogens (tertiary/aromatic N) is 2. The summed E-state index contributed by atoms with van der Waals surface area (Å²) in [6, 6.07) is 7.19. The Morgan fingerprint density at radius 2 is 1.78 bits per heavy atom. The molecule has 0 unspecified atom stereocenters. The molecule has 0 saturated carbocycles. The van der Waals surface area contributed by atoms with Crippen molar-refractivity contribution in [3.8, 4) is 10.6 Å². The minimum Gasteiger partial charge on any atom is -0.344 e. The lowest BCUT2D eigenvalue weighted by atomic mass is 9.98. The van der Waals surface area contributed by atoms with Crippen molar-refractivity contribution in [1.29, 1.82) is 0 Å². The number of halogens is 1. The topological polar surface area (TPSA) is 84.0 Å². The van der Waals surface area contributed by atoms with Gasteiger partial charge in [0.05, 0.1) is 0 Å². The highest BCUT2D eigenvalue weighted by atomic mass is 79.9. The van der Waals surface area contributed by atoms with Crippen LogP contribution in [0.15, 0.2) is 28.7 Å². The second-order valence-corrected chi connectivity index (χ2v) is 10.1. The van der Waals surface area contributed by atoms with Gasteiger partial charge in [0.1, 0.15) is 11.0 Å². The van der Waals surface area contributed by atoms with Crippen molar-refractivity contribution in [2.75, 3.05) is 5.32 Å². The second kappa shape index (κ2) is 14.4. The van der Waals surface area contributed by atoms with Gasteiger partial charge in [0.2, 0.25) is 16.9 Å². The molecular weight excluding hydrogens is 488 g/mol. The molecule has 0 spiro atoms. The van der Waals surface area contributed by atoms with Crippen LogP contribution in [-0.4, -0.2) is 28.1 Å². The highest BCUT2D eigenvalue weighted by molar-refractivity contribution is 9.10. The Morgan fingerprint density at radius 1 is 1.06 bits per heavy atom. The zero-order valence-electron chi connectivity index (χ0n) is 19.3. The Bertz CT molecular complexity index is 858. The molecule has 0 aliphatic carbocycles. The van der Waals surface area contributed by atoms with E-state index in [1.165, 1.54) is 43.4 Å². The third kappa shape index (κ3) is 8.98. The van der Waals surface area contributed by atoms with Gasteiger partial charge in [-0.15, -0.1) is 10.2 Å². The first-order valence-electron chi connectivity index (χ1n) is 11.6. The van der Waals surface area contributed by atoms with E-state index < -0.39 is 6.04 Å². The fourth-order valence-electron chi connectivity index (χ4n) is 3.39. The van der Waals surface area contributed by atoms with Crippen molar-refractivity contribution in [2.24, 2.45) is 5.92 Å². The molecule has 0 aliphatic heterocycles. The summed E-state index contributed by atoms with van der Waals surface area (Å²) in [7, 11) is 0. The van der Waals surface area contributed by atoms with Crippen molar-refractivity contribution < 1.29 is 9.59 Å². The molecule has 0 saturated heterocycles. The lowest BCUT2D eigenvalue weighted by molar-refractivity contribution is -0.127. The second-order valence-electron chi connectivity index (χ2n) is 8.21. The van der Waals surface area contributed by atoms with Gasteiger partial charge in [0.15, 0.2) is 0 Å². The van der Waals surface area contributed by atoms with Crippen molar-refractivity contribution in [1.82, 2.24) is 15.5 Å². The lowest BCUT2D eigenvalue weighted by Gasteiger charge is -2.23. The van der Waals surface area contributed by atoms with Gasteiger partial charge in [-0.2, -0.15) is 0 Å². The van der Waals surface area contributed by atoms with Crippen molar-refractivity contribution in [2.45, 2.75) is 84.6 Å². The average Bonchev–Trinajstić information content (AvgIpc) is 3.24. The minimum atomic E-state index is -0.588. The lowest BCUT2D eigenvalue weighted by Crippen LogP contribution is -2.47. The molecule has 8 heteroatoms. The summed E-state index contributed by atoms with van der Waals surface area (Å²) < 4.78 is 0.955. The number of nitrogens with one attached hydrogen (secondary N) is 2. The summed E-state index contributed by atoms with van der Waals surface area (Å²) in [5.74, 6) is -0.291. The summed E-state index contributed by atoms with van der Waals surface area (Å²) in [6.07, 6.45) is 9.36. The molecule has 0 fully saturated rings. The molecule has 32 heavy (non-hydrogen) atoms. The number of hydrogen-bond donors (Lipinski definition) is 2. The maximum Gasteiger partial charge on any atom is 0.249 e. The smallest absolute Gasteiger partial charge is 0.249 e. The van der Waals surface area contributed by atoms with Crippen LogP contribution >= 0.6 is 27.3 Å². The number of rotatable bonds is 14. The summed E-state index contributed by atoms with van der Waals surface area (Å²) in [5.41, 5.74) is 0.929. The predicted octanol–water partition coefficient (Wildman–Crippen LogP) is 6.58. The maximum absolute atomic E-state index is 12.9.